The molecule has 0 aromatic heterocycles. The molecule has 0 atom stereocenters. The van der Waals surface area contributed by atoms with Crippen LogP contribution in [-0.4, -0.2) is 0 Å². The third-order valence-corrected chi connectivity index (χ3v) is 2.26. The van der Waals surface area contributed by atoms with E-state index >= 15 is 0 Å². The fourth-order valence-corrected chi connectivity index (χ4v) is 1.66. The lowest BCUT2D eigenvalue weighted by atomic mass is 10.2. The average molecular weight is 136 g/mol. The zero-order valence-electron chi connectivity index (χ0n) is 4.85. The van der Waals surface area contributed by atoms with Crippen molar-refractivity contribution in [1.29, 1.82) is 0 Å². The molecule has 0 saturated heterocycles. The Balaban J connectivity index is 2.54. The van der Waals surface area contributed by atoms with E-state index in [2.05, 4.69) is 16.9 Å². The second-order valence-corrected chi connectivity index (χ2v) is 2.89. The smallest absolute Gasteiger partial charge is 0.0325 e. The molecule has 1 radical (unpaired) electrons. The molecule has 1 aromatic rings. The first-order chi connectivity index (χ1) is 4.47. The minimum Gasteiger partial charge on any atom is -0.255 e. The largest absolute Gasteiger partial charge is 0.255 e. The SMILES string of the molecule is [c]1ccc2c(c1)CNS2. The van der Waals surface area contributed by atoms with Gasteiger partial charge in [0, 0.05) is 11.4 Å². The Bertz CT molecular complexity index is 199. The van der Waals surface area contributed by atoms with E-state index in [1.807, 2.05) is 12.1 Å². The lowest BCUT2D eigenvalue weighted by Crippen LogP contribution is -1.91. The highest BCUT2D eigenvalue weighted by molar-refractivity contribution is 7.97. The van der Waals surface area contributed by atoms with E-state index in [0.717, 1.165) is 6.54 Å². The van der Waals surface area contributed by atoms with Gasteiger partial charge in [0.25, 0.3) is 0 Å². The van der Waals surface area contributed by atoms with E-state index in [9.17, 15) is 0 Å². The lowest BCUT2D eigenvalue weighted by Gasteiger charge is -1.89. The monoisotopic (exact) mass is 136 g/mol. The Hall–Kier alpha value is -0.470. The van der Waals surface area contributed by atoms with Crippen molar-refractivity contribution in [3.8, 4) is 0 Å². The van der Waals surface area contributed by atoms with Crippen molar-refractivity contribution in [1.82, 2.24) is 4.72 Å². The molecule has 0 aliphatic carbocycles. The van der Waals surface area contributed by atoms with Gasteiger partial charge in [0.05, 0.1) is 0 Å². The van der Waals surface area contributed by atoms with Crippen molar-refractivity contribution in [3.05, 3.63) is 29.8 Å². The van der Waals surface area contributed by atoms with Gasteiger partial charge in [0.2, 0.25) is 0 Å². The van der Waals surface area contributed by atoms with Crippen LogP contribution in [0.2, 0.25) is 0 Å². The van der Waals surface area contributed by atoms with Crippen LogP contribution in [0.4, 0.5) is 0 Å². The van der Waals surface area contributed by atoms with Crippen molar-refractivity contribution < 1.29 is 0 Å². The number of hydrogen-bond acceptors (Lipinski definition) is 2. The van der Waals surface area contributed by atoms with Gasteiger partial charge in [0.15, 0.2) is 0 Å². The predicted molar refractivity (Wildman–Crippen MR) is 38.0 cm³/mol. The molecule has 9 heavy (non-hydrogen) atoms. The molecule has 2 rings (SSSR count). The van der Waals surface area contributed by atoms with E-state index in [1.165, 1.54) is 10.5 Å². The van der Waals surface area contributed by atoms with Crippen molar-refractivity contribution in [2.75, 3.05) is 0 Å². The van der Waals surface area contributed by atoms with E-state index in [0.29, 0.717) is 0 Å². The fraction of sp³-hybridized carbons (Fsp3) is 0.143. The second-order valence-electron chi connectivity index (χ2n) is 1.96. The quantitative estimate of drug-likeness (QED) is 0.544. The normalized spacial score (nSPS) is 15.6. The summed E-state index contributed by atoms with van der Waals surface area (Å²) in [6, 6.07) is 9.10. The van der Waals surface area contributed by atoms with Gasteiger partial charge in [-0.2, -0.15) is 0 Å². The van der Waals surface area contributed by atoms with Crippen LogP contribution < -0.4 is 4.72 Å². The number of benzene rings is 1. The maximum atomic E-state index is 3.18. The van der Waals surface area contributed by atoms with Crippen LogP contribution in [0.3, 0.4) is 0 Å². The van der Waals surface area contributed by atoms with Crippen molar-refractivity contribution >= 4 is 11.9 Å². The standard InChI is InChI=1S/C7H6NS/c1-2-4-7-6(3-1)5-8-9-7/h2-4,8H,5H2. The number of hydrogen-bond donors (Lipinski definition) is 1. The van der Waals surface area contributed by atoms with Gasteiger partial charge >= 0.3 is 0 Å². The molecular weight excluding hydrogens is 130 g/mol. The Labute approximate surface area is 58.6 Å². The summed E-state index contributed by atoms with van der Waals surface area (Å²) in [6.45, 7) is 0.983. The first kappa shape index (κ1) is 5.33. The summed E-state index contributed by atoms with van der Waals surface area (Å²) in [5, 5.41) is 0. The molecule has 2 heteroatoms. The Morgan fingerprint density at radius 1 is 1.67 bits per heavy atom. The summed E-state index contributed by atoms with van der Waals surface area (Å²) < 4.78 is 3.18. The van der Waals surface area contributed by atoms with Gasteiger partial charge < -0.3 is 0 Å². The van der Waals surface area contributed by atoms with Crippen LogP contribution in [0.5, 0.6) is 0 Å². The highest BCUT2D eigenvalue weighted by atomic mass is 32.2. The molecule has 1 heterocycles. The van der Waals surface area contributed by atoms with Crippen LogP contribution >= 0.6 is 11.9 Å². The van der Waals surface area contributed by atoms with Gasteiger partial charge in [-0.25, -0.2) is 0 Å². The molecule has 45 valence electrons. The minimum atomic E-state index is 0.983. The lowest BCUT2D eigenvalue weighted by molar-refractivity contribution is 0.994. The van der Waals surface area contributed by atoms with Gasteiger partial charge in [-0.05, 0) is 35.7 Å². The van der Waals surface area contributed by atoms with Crippen LogP contribution in [0.15, 0.2) is 23.1 Å². The first-order valence-corrected chi connectivity index (χ1v) is 3.67. The highest BCUT2D eigenvalue weighted by Gasteiger charge is 2.07. The predicted octanol–water partition coefficient (Wildman–Crippen LogP) is 1.60. The maximum absolute atomic E-state index is 3.18. The summed E-state index contributed by atoms with van der Waals surface area (Å²) >= 11 is 1.70. The van der Waals surface area contributed by atoms with Gasteiger partial charge in [-0.1, -0.05) is 6.07 Å². The van der Waals surface area contributed by atoms with Crippen molar-refractivity contribution in [3.63, 3.8) is 0 Å². The van der Waals surface area contributed by atoms with Crippen LogP contribution in [0, 0.1) is 6.07 Å². The molecule has 0 amide bonds. The molecule has 1 nitrogen and oxygen atoms in total. The molecule has 0 unspecified atom stereocenters. The molecule has 0 saturated carbocycles. The van der Waals surface area contributed by atoms with E-state index in [-0.39, 0.29) is 0 Å². The van der Waals surface area contributed by atoms with Gasteiger partial charge in [-0.3, -0.25) is 4.72 Å². The highest BCUT2D eigenvalue weighted by Crippen LogP contribution is 2.25. The van der Waals surface area contributed by atoms with Gasteiger partial charge in [0.1, 0.15) is 0 Å². The molecular formula is C7H6NS. The Morgan fingerprint density at radius 2 is 2.67 bits per heavy atom. The summed E-state index contributed by atoms with van der Waals surface area (Å²) in [5.74, 6) is 0. The average Bonchev–Trinajstić information content (AvgIpc) is 2.33. The fourth-order valence-electron chi connectivity index (χ4n) is 0.880. The van der Waals surface area contributed by atoms with Crippen molar-refractivity contribution in [2.24, 2.45) is 0 Å². The van der Waals surface area contributed by atoms with Gasteiger partial charge in [-0.15, -0.1) is 0 Å². The van der Waals surface area contributed by atoms with E-state index in [4.69, 9.17) is 0 Å². The summed E-state index contributed by atoms with van der Waals surface area (Å²) in [4.78, 5) is 1.34. The first-order valence-electron chi connectivity index (χ1n) is 2.85. The minimum absolute atomic E-state index is 0.983. The molecule has 1 N–H and O–H groups in total. The number of rotatable bonds is 0. The second kappa shape index (κ2) is 2.05. The third kappa shape index (κ3) is 0.843. The van der Waals surface area contributed by atoms with Crippen molar-refractivity contribution in [2.45, 2.75) is 11.4 Å². The Kier molecular flexibility index (Phi) is 1.21. The topological polar surface area (TPSA) is 12.0 Å². The zero-order valence-corrected chi connectivity index (χ0v) is 5.66. The van der Waals surface area contributed by atoms with Crippen LogP contribution in [0.25, 0.3) is 0 Å². The number of nitrogens with one attached hydrogen (secondary N) is 1. The third-order valence-electron chi connectivity index (χ3n) is 1.35. The molecule has 0 fully saturated rings. The summed E-state index contributed by atoms with van der Waals surface area (Å²) in [6.07, 6.45) is 0. The molecule has 1 aliphatic heterocycles. The summed E-state index contributed by atoms with van der Waals surface area (Å²) in [5.41, 5.74) is 1.36. The van der Waals surface area contributed by atoms with E-state index in [1.54, 1.807) is 11.9 Å². The zero-order chi connectivity index (χ0) is 6.10. The molecule has 0 bridgehead atoms. The molecule has 0 spiro atoms. The maximum Gasteiger partial charge on any atom is 0.0325 e. The number of fused-ring (bicyclic) bond motifs is 1. The van der Waals surface area contributed by atoms with Crippen LogP contribution in [0.1, 0.15) is 5.56 Å². The molecule has 1 aliphatic rings. The van der Waals surface area contributed by atoms with E-state index < -0.39 is 0 Å². The van der Waals surface area contributed by atoms with Crippen LogP contribution in [-0.2, 0) is 6.54 Å². The molecule has 1 aromatic carbocycles. The summed E-state index contributed by atoms with van der Waals surface area (Å²) in [7, 11) is 0. The Morgan fingerprint density at radius 3 is 3.56 bits per heavy atom.